The fourth-order valence-electron chi connectivity index (χ4n) is 3.40. The lowest BCUT2D eigenvalue weighted by Crippen LogP contribution is -2.48. The number of anilines is 1. The minimum Gasteiger partial charge on any atom is -0.457 e. The summed E-state index contributed by atoms with van der Waals surface area (Å²) in [5, 5.41) is 7.62. The molecule has 0 saturated heterocycles. The molecule has 0 fully saturated rings. The maximum atomic E-state index is 13.4. The molecule has 7 heteroatoms. The number of ether oxygens (including phenoxy) is 1. The van der Waals surface area contributed by atoms with E-state index in [0.717, 1.165) is 11.1 Å². The molecule has 1 N–H and O–H groups in total. The third kappa shape index (κ3) is 4.13. The molecule has 0 aliphatic carbocycles. The molecule has 2 aromatic carbocycles. The van der Waals surface area contributed by atoms with Gasteiger partial charge in [-0.25, -0.2) is 9.18 Å². The van der Waals surface area contributed by atoms with Crippen LogP contribution in [0.25, 0.3) is 0 Å². The van der Waals surface area contributed by atoms with Crippen LogP contribution < -0.4 is 10.2 Å². The van der Waals surface area contributed by atoms with Gasteiger partial charge in [-0.3, -0.25) is 4.90 Å². The molecule has 0 saturated carbocycles. The molecule has 1 aromatic heterocycles. The first-order valence-electron chi connectivity index (χ1n) is 9.34. The number of allylic oxidation sites excluding steroid dienone is 1. The van der Waals surface area contributed by atoms with E-state index in [9.17, 15) is 9.18 Å². The summed E-state index contributed by atoms with van der Waals surface area (Å²) in [5.41, 5.74) is 3.64. The van der Waals surface area contributed by atoms with Crippen molar-refractivity contribution in [2.24, 2.45) is 0 Å². The molecule has 1 atom stereocenters. The number of hydrogen-bond donors (Lipinski definition) is 1. The molecule has 4 nitrogen and oxygen atoms in total. The first-order valence-corrected chi connectivity index (χ1v) is 10.7. The normalized spacial score (nSPS) is 16.4. The quantitative estimate of drug-likeness (QED) is 0.430. The smallest absolute Gasteiger partial charge is 0.338 e. The van der Waals surface area contributed by atoms with Gasteiger partial charge in [-0.2, -0.15) is 11.3 Å². The fourth-order valence-corrected chi connectivity index (χ4v) is 4.44. The van der Waals surface area contributed by atoms with E-state index in [4.69, 9.17) is 17.0 Å². The molecule has 1 aliphatic heterocycles. The SMILES string of the molecule is CC1=C(C(=O)OCc2ccccc2)C(c2ccsc2)NC(=S)N1c1ccc(F)cc1. The molecule has 0 radical (unpaired) electrons. The second-order valence-electron chi connectivity index (χ2n) is 6.81. The van der Waals surface area contributed by atoms with Crippen molar-refractivity contribution in [1.82, 2.24) is 5.32 Å². The molecular weight excluding hydrogens is 419 g/mol. The van der Waals surface area contributed by atoms with Crippen LogP contribution in [-0.2, 0) is 16.1 Å². The van der Waals surface area contributed by atoms with Crippen LogP contribution >= 0.6 is 23.6 Å². The average Bonchev–Trinajstić information content (AvgIpc) is 3.28. The maximum absolute atomic E-state index is 13.4. The Morgan fingerprint density at radius 3 is 2.57 bits per heavy atom. The Kier molecular flexibility index (Phi) is 5.92. The van der Waals surface area contributed by atoms with E-state index >= 15 is 0 Å². The van der Waals surface area contributed by atoms with E-state index in [0.29, 0.717) is 22.1 Å². The summed E-state index contributed by atoms with van der Waals surface area (Å²) in [5.74, 6) is -0.760. The average molecular weight is 439 g/mol. The number of nitrogens with one attached hydrogen (secondary N) is 1. The van der Waals surface area contributed by atoms with Crippen LogP contribution in [0, 0.1) is 5.82 Å². The largest absolute Gasteiger partial charge is 0.457 e. The summed E-state index contributed by atoms with van der Waals surface area (Å²) < 4.78 is 19.1. The molecule has 4 rings (SSSR count). The summed E-state index contributed by atoms with van der Waals surface area (Å²) in [4.78, 5) is 14.9. The standard InChI is InChI=1S/C23H19FN2O2S2/c1-15-20(22(27)28-13-16-5-3-2-4-6-16)21(17-11-12-30-14-17)25-23(29)26(15)19-9-7-18(24)8-10-19/h2-12,14,21H,13H2,1H3,(H,25,29). The zero-order valence-electron chi connectivity index (χ0n) is 16.2. The highest BCUT2D eigenvalue weighted by atomic mass is 32.1. The van der Waals surface area contributed by atoms with E-state index in [-0.39, 0.29) is 12.4 Å². The summed E-state index contributed by atoms with van der Waals surface area (Å²) in [6.45, 7) is 2.00. The number of carbonyl (C=O) groups is 1. The van der Waals surface area contributed by atoms with Gasteiger partial charge in [0.05, 0.1) is 11.6 Å². The van der Waals surface area contributed by atoms with Gasteiger partial charge in [0.2, 0.25) is 0 Å². The van der Waals surface area contributed by atoms with E-state index in [1.54, 1.807) is 28.4 Å². The summed E-state index contributed by atoms with van der Waals surface area (Å²) in [7, 11) is 0. The molecule has 1 unspecified atom stereocenters. The molecule has 1 aliphatic rings. The first-order chi connectivity index (χ1) is 14.5. The third-order valence-electron chi connectivity index (χ3n) is 4.88. The van der Waals surface area contributed by atoms with Crippen molar-refractivity contribution in [3.63, 3.8) is 0 Å². The van der Waals surface area contributed by atoms with Crippen molar-refractivity contribution in [2.45, 2.75) is 19.6 Å². The van der Waals surface area contributed by atoms with Crippen molar-refractivity contribution in [3.05, 3.63) is 99.6 Å². The Balaban J connectivity index is 1.71. The maximum Gasteiger partial charge on any atom is 0.338 e. The van der Waals surface area contributed by atoms with Crippen LogP contribution in [0.2, 0.25) is 0 Å². The van der Waals surface area contributed by atoms with Crippen molar-refractivity contribution in [1.29, 1.82) is 0 Å². The van der Waals surface area contributed by atoms with Gasteiger partial charge in [-0.1, -0.05) is 30.3 Å². The van der Waals surface area contributed by atoms with Crippen LogP contribution in [0.5, 0.6) is 0 Å². The monoisotopic (exact) mass is 438 g/mol. The Labute approximate surface area is 183 Å². The van der Waals surface area contributed by atoms with Crippen molar-refractivity contribution in [2.75, 3.05) is 4.90 Å². The van der Waals surface area contributed by atoms with Gasteiger partial charge in [0.1, 0.15) is 12.4 Å². The highest BCUT2D eigenvalue weighted by Crippen LogP contribution is 2.35. The van der Waals surface area contributed by atoms with E-state index in [1.165, 1.54) is 12.1 Å². The number of rotatable bonds is 5. The molecule has 3 aromatic rings. The predicted octanol–water partition coefficient (Wildman–Crippen LogP) is 5.34. The second-order valence-corrected chi connectivity index (χ2v) is 7.98. The summed E-state index contributed by atoms with van der Waals surface area (Å²) in [6, 6.07) is 17.1. The Morgan fingerprint density at radius 1 is 1.17 bits per heavy atom. The predicted molar refractivity (Wildman–Crippen MR) is 121 cm³/mol. The van der Waals surface area contributed by atoms with Gasteiger partial charge in [0.15, 0.2) is 5.11 Å². The molecule has 30 heavy (non-hydrogen) atoms. The molecule has 0 bridgehead atoms. The number of carbonyl (C=O) groups excluding carboxylic acids is 1. The van der Waals surface area contributed by atoms with Gasteiger partial charge in [-0.05, 0) is 71.4 Å². The molecule has 0 amide bonds. The first kappa shape index (κ1) is 20.3. The van der Waals surface area contributed by atoms with Crippen molar-refractivity contribution in [3.8, 4) is 0 Å². The van der Waals surface area contributed by atoms with Crippen LogP contribution in [-0.4, -0.2) is 11.1 Å². The number of benzene rings is 2. The Morgan fingerprint density at radius 2 is 1.90 bits per heavy atom. The van der Waals surface area contributed by atoms with Gasteiger partial charge >= 0.3 is 5.97 Å². The highest BCUT2D eigenvalue weighted by molar-refractivity contribution is 7.80. The fraction of sp³-hybridized carbons (Fsp3) is 0.130. The molecule has 152 valence electrons. The summed E-state index contributed by atoms with van der Waals surface area (Å²) in [6.07, 6.45) is 0. The van der Waals surface area contributed by atoms with Gasteiger partial charge in [-0.15, -0.1) is 0 Å². The Hall–Kier alpha value is -3.03. The topological polar surface area (TPSA) is 41.6 Å². The van der Waals surface area contributed by atoms with E-state index in [1.807, 2.05) is 54.1 Å². The molecule has 0 spiro atoms. The molecular formula is C23H19FN2O2S2. The molecule has 2 heterocycles. The van der Waals surface area contributed by atoms with Crippen LogP contribution in [0.15, 0.2) is 82.7 Å². The van der Waals surface area contributed by atoms with E-state index < -0.39 is 12.0 Å². The second kappa shape index (κ2) is 8.77. The zero-order valence-corrected chi connectivity index (χ0v) is 17.8. The lowest BCUT2D eigenvalue weighted by atomic mass is 9.97. The lowest BCUT2D eigenvalue weighted by molar-refractivity contribution is -0.140. The minimum absolute atomic E-state index is 0.174. The van der Waals surface area contributed by atoms with Crippen LogP contribution in [0.4, 0.5) is 10.1 Å². The lowest BCUT2D eigenvalue weighted by Gasteiger charge is -2.37. The van der Waals surface area contributed by atoms with Gasteiger partial charge in [0, 0.05) is 11.4 Å². The van der Waals surface area contributed by atoms with Gasteiger partial charge < -0.3 is 10.1 Å². The summed E-state index contributed by atoms with van der Waals surface area (Å²) >= 11 is 7.13. The number of thiophene rings is 1. The number of nitrogens with zero attached hydrogens (tertiary/aromatic N) is 1. The van der Waals surface area contributed by atoms with E-state index in [2.05, 4.69) is 5.32 Å². The van der Waals surface area contributed by atoms with Gasteiger partial charge in [0.25, 0.3) is 0 Å². The highest BCUT2D eigenvalue weighted by Gasteiger charge is 2.35. The number of thiocarbonyl (C=S) groups is 1. The third-order valence-corrected chi connectivity index (χ3v) is 5.88. The number of hydrogen-bond acceptors (Lipinski definition) is 4. The zero-order chi connectivity index (χ0) is 21.1. The number of halogens is 1. The Bertz CT molecular complexity index is 1080. The van der Waals surface area contributed by atoms with Crippen molar-refractivity contribution >= 4 is 40.3 Å². The van der Waals surface area contributed by atoms with Crippen LogP contribution in [0.1, 0.15) is 24.1 Å². The van der Waals surface area contributed by atoms with Crippen molar-refractivity contribution < 1.29 is 13.9 Å². The number of esters is 1. The minimum atomic E-state index is -0.422. The van der Waals surface area contributed by atoms with Crippen LogP contribution in [0.3, 0.4) is 0 Å².